The van der Waals surface area contributed by atoms with Crippen molar-refractivity contribution in [3.63, 3.8) is 0 Å². The van der Waals surface area contributed by atoms with E-state index in [2.05, 4.69) is 0 Å². The Labute approximate surface area is 112 Å². The third-order valence-electron chi connectivity index (χ3n) is 2.96. The van der Waals surface area contributed by atoms with E-state index in [1.165, 1.54) is 15.6 Å². The lowest BCUT2D eigenvalue weighted by molar-refractivity contribution is 0.148. The molecule has 1 fully saturated rings. The first-order valence-electron chi connectivity index (χ1n) is 5.93. The van der Waals surface area contributed by atoms with Crippen LogP contribution in [0.25, 0.3) is 0 Å². The fourth-order valence-corrected chi connectivity index (χ4v) is 4.99. The fourth-order valence-electron chi connectivity index (χ4n) is 1.91. The standard InChI is InChI=1S/C11H18N2O3S2/c1-9-7-11(17-10(9)8-12)18(14,15)13-3-2-5-16-6-4-13/h7H,2-6,8,12H2,1H3. The van der Waals surface area contributed by atoms with Gasteiger partial charge in [0.15, 0.2) is 0 Å². The minimum absolute atomic E-state index is 0.384. The molecule has 0 aromatic carbocycles. The van der Waals surface area contributed by atoms with Gasteiger partial charge >= 0.3 is 0 Å². The van der Waals surface area contributed by atoms with Gasteiger partial charge in [-0.15, -0.1) is 11.3 Å². The quantitative estimate of drug-likeness (QED) is 0.898. The minimum atomic E-state index is -3.38. The van der Waals surface area contributed by atoms with E-state index in [-0.39, 0.29) is 0 Å². The highest BCUT2D eigenvalue weighted by molar-refractivity contribution is 7.91. The summed E-state index contributed by atoms with van der Waals surface area (Å²) in [6.07, 6.45) is 0.743. The number of hydrogen-bond acceptors (Lipinski definition) is 5. The molecule has 2 N–H and O–H groups in total. The van der Waals surface area contributed by atoms with Crippen LogP contribution < -0.4 is 5.73 Å². The molecule has 1 aromatic heterocycles. The van der Waals surface area contributed by atoms with Crippen LogP contribution in [-0.2, 0) is 21.3 Å². The zero-order valence-corrected chi connectivity index (χ0v) is 12.0. The SMILES string of the molecule is Cc1cc(S(=O)(=O)N2CCCOCC2)sc1CN. The number of thiophene rings is 1. The second-order valence-electron chi connectivity index (χ2n) is 4.25. The molecule has 5 nitrogen and oxygen atoms in total. The van der Waals surface area contributed by atoms with Crippen molar-refractivity contribution in [2.75, 3.05) is 26.3 Å². The van der Waals surface area contributed by atoms with E-state index in [4.69, 9.17) is 10.5 Å². The van der Waals surface area contributed by atoms with E-state index < -0.39 is 10.0 Å². The van der Waals surface area contributed by atoms with Crippen LogP contribution >= 0.6 is 11.3 Å². The lowest BCUT2D eigenvalue weighted by Crippen LogP contribution is -2.32. The molecule has 0 atom stereocenters. The summed E-state index contributed by atoms with van der Waals surface area (Å²) in [6.45, 7) is 4.32. The van der Waals surface area contributed by atoms with Gasteiger partial charge in [-0.3, -0.25) is 0 Å². The number of rotatable bonds is 3. The van der Waals surface area contributed by atoms with Crippen molar-refractivity contribution >= 4 is 21.4 Å². The normalized spacial score (nSPS) is 18.8. The highest BCUT2D eigenvalue weighted by Crippen LogP contribution is 2.28. The second-order valence-corrected chi connectivity index (χ2v) is 7.55. The highest BCUT2D eigenvalue weighted by Gasteiger charge is 2.27. The van der Waals surface area contributed by atoms with Gasteiger partial charge < -0.3 is 10.5 Å². The first kappa shape index (κ1) is 14.0. The van der Waals surface area contributed by atoms with Crippen LogP contribution in [0.1, 0.15) is 16.9 Å². The van der Waals surface area contributed by atoms with Crippen LogP contribution in [0.4, 0.5) is 0 Å². The average Bonchev–Trinajstić information content (AvgIpc) is 2.55. The first-order valence-corrected chi connectivity index (χ1v) is 8.18. The number of nitrogens with zero attached hydrogens (tertiary/aromatic N) is 1. The van der Waals surface area contributed by atoms with Crippen molar-refractivity contribution in [3.05, 3.63) is 16.5 Å². The molecule has 2 heterocycles. The molecule has 0 radical (unpaired) electrons. The van der Waals surface area contributed by atoms with Gasteiger partial charge in [-0.2, -0.15) is 4.31 Å². The molecule has 0 saturated carbocycles. The summed E-state index contributed by atoms with van der Waals surface area (Å²) < 4.78 is 32.1. The summed E-state index contributed by atoms with van der Waals surface area (Å²) in [4.78, 5) is 0.930. The van der Waals surface area contributed by atoms with Crippen LogP contribution in [0.5, 0.6) is 0 Å². The van der Waals surface area contributed by atoms with E-state index in [9.17, 15) is 8.42 Å². The van der Waals surface area contributed by atoms with Gasteiger partial charge in [0.05, 0.1) is 6.61 Å². The molecule has 1 saturated heterocycles. The summed E-state index contributed by atoms with van der Waals surface area (Å²) in [6, 6.07) is 1.72. The van der Waals surface area contributed by atoms with Gasteiger partial charge in [0.1, 0.15) is 4.21 Å². The van der Waals surface area contributed by atoms with Gasteiger partial charge in [0.25, 0.3) is 10.0 Å². The van der Waals surface area contributed by atoms with E-state index in [0.717, 1.165) is 16.9 Å². The summed E-state index contributed by atoms with van der Waals surface area (Å²) in [5.74, 6) is 0. The van der Waals surface area contributed by atoms with Crippen LogP contribution in [0.3, 0.4) is 0 Å². The lowest BCUT2D eigenvalue weighted by Gasteiger charge is -2.17. The number of sulfonamides is 1. The maximum Gasteiger partial charge on any atom is 0.252 e. The van der Waals surface area contributed by atoms with Gasteiger partial charge in [0.2, 0.25) is 0 Å². The van der Waals surface area contributed by atoms with Crippen LogP contribution in [-0.4, -0.2) is 39.0 Å². The Morgan fingerprint density at radius 2 is 2.22 bits per heavy atom. The Bertz CT molecular complexity index is 502. The Kier molecular flexibility index (Phi) is 4.39. The molecule has 102 valence electrons. The number of hydrogen-bond donors (Lipinski definition) is 1. The lowest BCUT2D eigenvalue weighted by atomic mass is 10.3. The maximum atomic E-state index is 12.5. The zero-order valence-electron chi connectivity index (χ0n) is 10.4. The molecule has 1 aliphatic heterocycles. The summed E-state index contributed by atoms with van der Waals surface area (Å²) in [5.41, 5.74) is 6.54. The largest absolute Gasteiger partial charge is 0.380 e. The summed E-state index contributed by atoms with van der Waals surface area (Å²) >= 11 is 1.27. The Balaban J connectivity index is 2.28. The topological polar surface area (TPSA) is 72.6 Å². The highest BCUT2D eigenvalue weighted by atomic mass is 32.2. The molecular formula is C11H18N2O3S2. The molecule has 0 aliphatic carbocycles. The van der Waals surface area contributed by atoms with Crippen molar-refractivity contribution in [1.82, 2.24) is 4.31 Å². The molecule has 0 bridgehead atoms. The summed E-state index contributed by atoms with van der Waals surface area (Å²) in [5, 5.41) is 0. The second kappa shape index (κ2) is 5.66. The molecule has 7 heteroatoms. The average molecular weight is 290 g/mol. The van der Waals surface area contributed by atoms with Crippen LogP contribution in [0, 0.1) is 6.92 Å². The van der Waals surface area contributed by atoms with Crippen molar-refractivity contribution in [3.8, 4) is 0 Å². The van der Waals surface area contributed by atoms with Gasteiger partial charge in [-0.05, 0) is 25.0 Å². The van der Waals surface area contributed by atoms with Gasteiger partial charge in [-0.25, -0.2) is 8.42 Å². The van der Waals surface area contributed by atoms with Crippen LogP contribution in [0.15, 0.2) is 10.3 Å². The van der Waals surface area contributed by atoms with E-state index in [1.807, 2.05) is 6.92 Å². The number of ether oxygens (including phenoxy) is 1. The molecule has 18 heavy (non-hydrogen) atoms. The molecule has 1 aromatic rings. The molecule has 0 spiro atoms. The van der Waals surface area contributed by atoms with Crippen molar-refractivity contribution in [1.29, 1.82) is 0 Å². The van der Waals surface area contributed by atoms with Crippen LogP contribution in [0.2, 0.25) is 0 Å². The smallest absolute Gasteiger partial charge is 0.252 e. The Morgan fingerprint density at radius 3 is 2.89 bits per heavy atom. The predicted octanol–water partition coefficient (Wildman–Crippen LogP) is 0.926. The maximum absolute atomic E-state index is 12.5. The number of nitrogens with two attached hydrogens (primary N) is 1. The molecule has 0 amide bonds. The monoisotopic (exact) mass is 290 g/mol. The van der Waals surface area contributed by atoms with Gasteiger partial charge in [0, 0.05) is 31.1 Å². The number of aryl methyl sites for hydroxylation is 1. The fraction of sp³-hybridized carbons (Fsp3) is 0.636. The molecule has 0 unspecified atom stereocenters. The van der Waals surface area contributed by atoms with Crippen molar-refractivity contribution < 1.29 is 13.2 Å². The molecule has 1 aliphatic rings. The molecular weight excluding hydrogens is 272 g/mol. The molecule has 2 rings (SSSR count). The summed E-state index contributed by atoms with van der Waals surface area (Å²) in [7, 11) is -3.38. The van der Waals surface area contributed by atoms with E-state index in [1.54, 1.807) is 6.07 Å². The van der Waals surface area contributed by atoms with Gasteiger partial charge in [-0.1, -0.05) is 0 Å². The predicted molar refractivity (Wildman–Crippen MR) is 71.1 cm³/mol. The van der Waals surface area contributed by atoms with Crippen molar-refractivity contribution in [2.45, 2.75) is 24.1 Å². The third-order valence-corrected chi connectivity index (χ3v) is 6.57. The Hall–Kier alpha value is -0.470. The van der Waals surface area contributed by atoms with E-state index >= 15 is 0 Å². The zero-order chi connectivity index (χ0) is 13.2. The third kappa shape index (κ3) is 2.75. The first-order chi connectivity index (χ1) is 8.55. The van der Waals surface area contributed by atoms with E-state index in [0.29, 0.717) is 37.1 Å². The van der Waals surface area contributed by atoms with Crippen molar-refractivity contribution in [2.24, 2.45) is 5.73 Å². The Morgan fingerprint density at radius 1 is 1.44 bits per heavy atom. The minimum Gasteiger partial charge on any atom is -0.380 e.